The summed E-state index contributed by atoms with van der Waals surface area (Å²) in [5.74, 6) is -0.347. The van der Waals surface area contributed by atoms with E-state index in [1.54, 1.807) is 18.2 Å². The molecule has 1 fully saturated rings. The lowest BCUT2D eigenvalue weighted by atomic mass is 9.78. The fourth-order valence-corrected chi connectivity index (χ4v) is 6.04. The quantitative estimate of drug-likeness (QED) is 0.844. The monoisotopic (exact) mass is 394 g/mol. The molecule has 0 unspecified atom stereocenters. The number of sulfonamides is 1. The van der Waals surface area contributed by atoms with Gasteiger partial charge in [0, 0.05) is 5.92 Å². The highest BCUT2D eigenvalue weighted by atomic mass is 32.2. The van der Waals surface area contributed by atoms with E-state index in [9.17, 15) is 18.8 Å². The van der Waals surface area contributed by atoms with Crippen molar-refractivity contribution < 1.29 is 13.5 Å². The van der Waals surface area contributed by atoms with Crippen LogP contribution in [0.2, 0.25) is 0 Å². The van der Waals surface area contributed by atoms with E-state index in [2.05, 4.69) is 12.1 Å². The van der Waals surface area contributed by atoms with E-state index in [1.165, 1.54) is 29.7 Å². The van der Waals surface area contributed by atoms with Crippen molar-refractivity contribution >= 4 is 15.6 Å². The summed E-state index contributed by atoms with van der Waals surface area (Å²) >= 11 is 0. The summed E-state index contributed by atoms with van der Waals surface area (Å²) in [6.07, 6.45) is 5.61. The molecule has 6 heteroatoms. The molecule has 0 aromatic heterocycles. The Balaban J connectivity index is 1.63. The number of hydrogen-bond acceptors (Lipinski definition) is 4. The van der Waals surface area contributed by atoms with Gasteiger partial charge in [-0.2, -0.15) is 9.57 Å². The summed E-state index contributed by atoms with van der Waals surface area (Å²) in [4.78, 5) is 0.135. The molecule has 3 atom stereocenters. The van der Waals surface area contributed by atoms with Gasteiger partial charge in [0.2, 0.25) is 10.0 Å². The highest BCUT2D eigenvalue weighted by Gasteiger charge is 2.55. The zero-order chi connectivity index (χ0) is 19.7. The molecule has 0 radical (unpaired) electrons. The highest BCUT2D eigenvalue weighted by molar-refractivity contribution is 7.89. The number of hydrogen-bond donors (Lipinski definition) is 1. The van der Waals surface area contributed by atoms with Crippen molar-refractivity contribution in [3.63, 3.8) is 0 Å². The van der Waals surface area contributed by atoms with E-state index in [-0.39, 0.29) is 17.4 Å². The fourth-order valence-electron chi connectivity index (χ4n) is 4.26. The Morgan fingerprint density at radius 1 is 1.11 bits per heavy atom. The summed E-state index contributed by atoms with van der Waals surface area (Å²) in [6.45, 7) is -0.332. The molecule has 5 nitrogen and oxygen atoms in total. The molecule has 1 saturated heterocycles. The predicted molar refractivity (Wildman–Crippen MR) is 107 cm³/mol. The minimum atomic E-state index is -3.85. The summed E-state index contributed by atoms with van der Waals surface area (Å²) in [6, 6.07) is 16.7. The molecule has 2 aromatic rings. The lowest BCUT2D eigenvalue weighted by Crippen LogP contribution is -2.64. The Labute approximate surface area is 165 Å². The van der Waals surface area contributed by atoms with Gasteiger partial charge < -0.3 is 5.11 Å². The number of benzene rings is 2. The Hall–Kier alpha value is -2.46. The molecule has 0 saturated carbocycles. The van der Waals surface area contributed by atoms with Gasteiger partial charge in [-0.25, -0.2) is 8.42 Å². The molecule has 1 heterocycles. The standard InChI is InChI=1S/C22H22N2O3S/c23-14-20-22(18-12-10-17(11-13-18)16-6-4-5-7-16)21(15-25)24(20)28(26,27)19-8-2-1-3-9-19/h1-3,6,8-13,20-22,25H,4-5,7,15H2/t20-,21+,22+/m0/s1. The van der Waals surface area contributed by atoms with Gasteiger partial charge in [0.05, 0.1) is 23.6 Å². The largest absolute Gasteiger partial charge is 0.395 e. The van der Waals surface area contributed by atoms with Crippen LogP contribution in [0.15, 0.2) is 65.6 Å². The van der Waals surface area contributed by atoms with Gasteiger partial charge in [-0.1, -0.05) is 48.5 Å². The second-order valence-electron chi connectivity index (χ2n) is 7.24. The third-order valence-electron chi connectivity index (χ3n) is 5.70. The van der Waals surface area contributed by atoms with Crippen LogP contribution in [0.3, 0.4) is 0 Å². The van der Waals surface area contributed by atoms with Crippen LogP contribution >= 0.6 is 0 Å². The molecule has 1 aliphatic carbocycles. The van der Waals surface area contributed by atoms with E-state index >= 15 is 0 Å². The number of allylic oxidation sites excluding steroid dienone is 2. The first-order valence-electron chi connectivity index (χ1n) is 9.46. The van der Waals surface area contributed by atoms with Gasteiger partial charge in [-0.05, 0) is 48.1 Å². The van der Waals surface area contributed by atoms with Crippen molar-refractivity contribution in [3.8, 4) is 6.07 Å². The first kappa shape index (κ1) is 18.9. The van der Waals surface area contributed by atoms with Gasteiger partial charge in [-0.15, -0.1) is 0 Å². The van der Waals surface area contributed by atoms with Gasteiger partial charge in [0.1, 0.15) is 6.04 Å². The maximum atomic E-state index is 13.0. The van der Waals surface area contributed by atoms with Crippen LogP contribution in [0.4, 0.5) is 0 Å². The molecule has 4 rings (SSSR count). The molecule has 1 aliphatic heterocycles. The zero-order valence-electron chi connectivity index (χ0n) is 15.4. The lowest BCUT2D eigenvalue weighted by molar-refractivity contribution is 0.0557. The lowest BCUT2D eigenvalue weighted by Gasteiger charge is -2.50. The summed E-state index contributed by atoms with van der Waals surface area (Å²) in [5, 5.41) is 19.6. The van der Waals surface area contributed by atoms with Gasteiger partial charge in [0.15, 0.2) is 0 Å². The molecular formula is C22H22N2O3S. The molecule has 1 N–H and O–H groups in total. The van der Waals surface area contributed by atoms with Crippen molar-refractivity contribution in [1.82, 2.24) is 4.31 Å². The third kappa shape index (κ3) is 3.06. The number of aliphatic hydroxyl groups excluding tert-OH is 1. The molecule has 2 aromatic carbocycles. The minimum Gasteiger partial charge on any atom is -0.395 e. The molecular weight excluding hydrogens is 372 g/mol. The Bertz CT molecular complexity index is 1020. The fraction of sp³-hybridized carbons (Fsp3) is 0.318. The van der Waals surface area contributed by atoms with Crippen molar-refractivity contribution in [2.45, 2.75) is 42.2 Å². The Morgan fingerprint density at radius 3 is 2.39 bits per heavy atom. The average Bonchev–Trinajstić information content (AvgIpc) is 3.24. The zero-order valence-corrected chi connectivity index (χ0v) is 16.2. The number of nitrogens with zero attached hydrogens (tertiary/aromatic N) is 2. The first-order valence-corrected chi connectivity index (χ1v) is 10.9. The van der Waals surface area contributed by atoms with Crippen LogP contribution in [-0.4, -0.2) is 36.5 Å². The second-order valence-corrected chi connectivity index (χ2v) is 9.08. The summed E-state index contributed by atoms with van der Waals surface area (Å²) < 4.78 is 27.2. The normalized spacial score (nSPS) is 25.0. The summed E-state index contributed by atoms with van der Waals surface area (Å²) in [5.41, 5.74) is 3.39. The van der Waals surface area contributed by atoms with E-state index in [4.69, 9.17) is 0 Å². The van der Waals surface area contributed by atoms with E-state index in [1.807, 2.05) is 24.3 Å². The molecule has 0 spiro atoms. The number of aliphatic hydroxyl groups is 1. The van der Waals surface area contributed by atoms with Crippen LogP contribution in [-0.2, 0) is 10.0 Å². The Kier molecular flexibility index (Phi) is 5.07. The minimum absolute atomic E-state index is 0.135. The van der Waals surface area contributed by atoms with Crippen LogP contribution in [0.1, 0.15) is 36.3 Å². The van der Waals surface area contributed by atoms with E-state index in [0.717, 1.165) is 22.7 Å². The molecule has 28 heavy (non-hydrogen) atoms. The number of nitriles is 1. The predicted octanol–water partition coefficient (Wildman–Crippen LogP) is 3.30. The maximum Gasteiger partial charge on any atom is 0.244 e. The second kappa shape index (κ2) is 7.51. The average molecular weight is 394 g/mol. The van der Waals surface area contributed by atoms with E-state index in [0.29, 0.717) is 0 Å². The smallest absolute Gasteiger partial charge is 0.244 e. The molecule has 2 aliphatic rings. The summed E-state index contributed by atoms with van der Waals surface area (Å²) in [7, 11) is -3.85. The van der Waals surface area contributed by atoms with Crippen LogP contribution in [0.25, 0.3) is 5.57 Å². The topological polar surface area (TPSA) is 81.4 Å². The molecule has 0 bridgehead atoms. The number of rotatable bonds is 5. The van der Waals surface area contributed by atoms with Crippen molar-refractivity contribution in [2.24, 2.45) is 0 Å². The Morgan fingerprint density at radius 2 is 1.82 bits per heavy atom. The van der Waals surface area contributed by atoms with Crippen LogP contribution in [0.5, 0.6) is 0 Å². The van der Waals surface area contributed by atoms with Crippen LogP contribution in [0, 0.1) is 11.3 Å². The van der Waals surface area contributed by atoms with E-state index < -0.39 is 22.1 Å². The van der Waals surface area contributed by atoms with Crippen molar-refractivity contribution in [1.29, 1.82) is 5.26 Å². The molecule has 0 amide bonds. The van der Waals surface area contributed by atoms with Gasteiger partial charge in [0.25, 0.3) is 0 Å². The van der Waals surface area contributed by atoms with Crippen LogP contribution < -0.4 is 0 Å². The van der Waals surface area contributed by atoms with Crippen molar-refractivity contribution in [2.75, 3.05) is 6.61 Å². The molecule has 144 valence electrons. The third-order valence-corrected chi connectivity index (χ3v) is 7.62. The highest BCUT2D eigenvalue weighted by Crippen LogP contribution is 2.44. The van der Waals surface area contributed by atoms with Crippen molar-refractivity contribution in [3.05, 3.63) is 71.8 Å². The maximum absolute atomic E-state index is 13.0. The van der Waals surface area contributed by atoms with Gasteiger partial charge in [-0.3, -0.25) is 0 Å². The first-order chi connectivity index (χ1) is 13.6. The van der Waals surface area contributed by atoms with Gasteiger partial charge >= 0.3 is 0 Å². The SMILES string of the molecule is N#C[C@H]1[C@@H](c2ccc(C3=CCCC3)cc2)[C@@H](CO)N1S(=O)(=O)c1ccccc1.